The minimum Gasteiger partial charge on any atom is -0.321 e. The largest absolute Gasteiger partial charge is 0.321 e. The molecule has 0 saturated carbocycles. The number of aromatic nitrogens is 3. The Labute approximate surface area is 181 Å². The molecule has 1 aliphatic rings. The van der Waals surface area contributed by atoms with Gasteiger partial charge in [-0.15, -0.1) is 10.2 Å². The van der Waals surface area contributed by atoms with E-state index in [4.69, 9.17) is 0 Å². The second-order valence-electron chi connectivity index (χ2n) is 8.00. The summed E-state index contributed by atoms with van der Waals surface area (Å²) in [5.41, 5.74) is 4.76. The van der Waals surface area contributed by atoms with Gasteiger partial charge in [0.2, 0.25) is 0 Å². The van der Waals surface area contributed by atoms with E-state index in [1.165, 1.54) is 5.56 Å². The van der Waals surface area contributed by atoms with Crippen LogP contribution in [0.15, 0.2) is 78.9 Å². The van der Waals surface area contributed by atoms with E-state index < -0.39 is 0 Å². The van der Waals surface area contributed by atoms with E-state index in [1.807, 2.05) is 67.6 Å². The molecular formula is C26H24N4O. The maximum absolute atomic E-state index is 13.1. The highest BCUT2D eigenvalue weighted by Crippen LogP contribution is 2.30. The predicted molar refractivity (Wildman–Crippen MR) is 122 cm³/mol. The molecule has 0 saturated heterocycles. The number of hydrogen-bond donors (Lipinski definition) is 1. The molecule has 1 aliphatic heterocycles. The number of amides is 1. The molecule has 4 aromatic rings. The van der Waals surface area contributed by atoms with Crippen LogP contribution in [0, 0.1) is 6.92 Å². The average Bonchev–Trinajstić information content (AvgIpc) is 3.20. The second-order valence-corrected chi connectivity index (χ2v) is 8.00. The summed E-state index contributed by atoms with van der Waals surface area (Å²) in [5.74, 6) is 2.26. The molecule has 0 bridgehead atoms. The number of anilines is 1. The zero-order valence-electron chi connectivity index (χ0n) is 17.5. The van der Waals surface area contributed by atoms with E-state index in [9.17, 15) is 4.79 Å². The van der Waals surface area contributed by atoms with Crippen molar-refractivity contribution in [1.29, 1.82) is 0 Å². The highest BCUT2D eigenvalue weighted by Gasteiger charge is 2.23. The predicted octanol–water partition coefficient (Wildman–Crippen LogP) is 5.24. The lowest BCUT2D eigenvalue weighted by atomic mass is 9.90. The third-order valence-electron chi connectivity index (χ3n) is 6.01. The minimum absolute atomic E-state index is 0.0952. The lowest BCUT2D eigenvalue weighted by molar-refractivity contribution is 0.102. The van der Waals surface area contributed by atoms with Gasteiger partial charge in [-0.3, -0.25) is 4.79 Å². The van der Waals surface area contributed by atoms with E-state index in [2.05, 4.69) is 38.3 Å². The number of carbonyl (C=O) groups is 1. The molecular weight excluding hydrogens is 384 g/mol. The summed E-state index contributed by atoms with van der Waals surface area (Å²) in [7, 11) is 0. The molecule has 5 rings (SSSR count). The normalized spacial score (nSPS) is 15.3. The fraction of sp³-hybridized carbons (Fsp3) is 0.192. The molecule has 5 heteroatoms. The first kappa shape index (κ1) is 19.2. The van der Waals surface area contributed by atoms with E-state index in [0.717, 1.165) is 47.8 Å². The molecule has 31 heavy (non-hydrogen) atoms. The number of nitrogens with zero attached hydrogens (tertiary/aromatic N) is 3. The van der Waals surface area contributed by atoms with Crippen molar-refractivity contribution < 1.29 is 4.79 Å². The zero-order valence-corrected chi connectivity index (χ0v) is 17.5. The fourth-order valence-electron chi connectivity index (χ4n) is 4.32. The molecule has 154 valence electrons. The number of nitrogens with one attached hydrogen (secondary N) is 1. The van der Waals surface area contributed by atoms with Gasteiger partial charge in [0, 0.05) is 35.7 Å². The molecule has 0 unspecified atom stereocenters. The fourth-order valence-corrected chi connectivity index (χ4v) is 4.32. The van der Waals surface area contributed by atoms with Crippen LogP contribution in [0.2, 0.25) is 0 Å². The molecule has 1 amide bonds. The summed E-state index contributed by atoms with van der Waals surface area (Å²) in [6, 6.07) is 26.0. The Morgan fingerprint density at radius 2 is 1.77 bits per heavy atom. The summed E-state index contributed by atoms with van der Waals surface area (Å²) >= 11 is 0. The first-order valence-electron chi connectivity index (χ1n) is 10.6. The van der Waals surface area contributed by atoms with Crippen LogP contribution in [-0.4, -0.2) is 20.7 Å². The Bertz CT molecular complexity index is 1230. The van der Waals surface area contributed by atoms with Crippen LogP contribution >= 0.6 is 0 Å². The standard InChI is InChI=1S/C26H24N4O/c1-18-28-29-25-15-14-22(17-30(18)25)20-10-7-11-21(16-20)26(31)27-24-13-6-5-12-23(24)19-8-3-2-4-9-19/h2-13,16,22H,14-15,17H2,1H3,(H,27,31)/t22-/m1/s1. The van der Waals surface area contributed by atoms with Crippen molar-refractivity contribution >= 4 is 11.6 Å². The lowest BCUT2D eigenvalue weighted by Gasteiger charge is -2.24. The van der Waals surface area contributed by atoms with Gasteiger partial charge >= 0.3 is 0 Å². The summed E-state index contributed by atoms with van der Waals surface area (Å²) < 4.78 is 2.19. The van der Waals surface area contributed by atoms with Crippen LogP contribution in [-0.2, 0) is 13.0 Å². The van der Waals surface area contributed by atoms with E-state index in [0.29, 0.717) is 11.5 Å². The summed E-state index contributed by atoms with van der Waals surface area (Å²) in [5, 5.41) is 11.6. The van der Waals surface area contributed by atoms with Crippen molar-refractivity contribution in [2.75, 3.05) is 5.32 Å². The number of carbonyl (C=O) groups excluding carboxylic acids is 1. The molecule has 1 N–H and O–H groups in total. The molecule has 2 heterocycles. The van der Waals surface area contributed by atoms with Crippen molar-refractivity contribution in [2.24, 2.45) is 0 Å². The average molecular weight is 409 g/mol. The maximum Gasteiger partial charge on any atom is 0.255 e. The zero-order chi connectivity index (χ0) is 21.2. The molecule has 1 aromatic heterocycles. The minimum atomic E-state index is -0.0952. The van der Waals surface area contributed by atoms with Crippen LogP contribution in [0.25, 0.3) is 11.1 Å². The van der Waals surface area contributed by atoms with Crippen LogP contribution in [0.3, 0.4) is 0 Å². The number of rotatable bonds is 4. The summed E-state index contributed by atoms with van der Waals surface area (Å²) in [4.78, 5) is 13.1. The topological polar surface area (TPSA) is 59.8 Å². The van der Waals surface area contributed by atoms with Gasteiger partial charge in [0.15, 0.2) is 0 Å². The van der Waals surface area contributed by atoms with Crippen molar-refractivity contribution in [3.8, 4) is 11.1 Å². The van der Waals surface area contributed by atoms with Crippen LogP contribution in [0.5, 0.6) is 0 Å². The molecule has 0 fully saturated rings. The van der Waals surface area contributed by atoms with Crippen molar-refractivity contribution in [1.82, 2.24) is 14.8 Å². The second kappa shape index (κ2) is 8.19. The number of fused-ring (bicyclic) bond motifs is 1. The Morgan fingerprint density at radius 3 is 2.65 bits per heavy atom. The van der Waals surface area contributed by atoms with Crippen LogP contribution in [0.1, 0.15) is 39.9 Å². The number of aryl methyl sites for hydroxylation is 2. The lowest BCUT2D eigenvalue weighted by Crippen LogP contribution is -2.20. The van der Waals surface area contributed by atoms with Gasteiger partial charge in [0.1, 0.15) is 11.6 Å². The third-order valence-corrected chi connectivity index (χ3v) is 6.01. The van der Waals surface area contributed by atoms with Gasteiger partial charge in [-0.2, -0.15) is 0 Å². The van der Waals surface area contributed by atoms with Crippen molar-refractivity contribution in [3.05, 3.63) is 102 Å². The van der Waals surface area contributed by atoms with E-state index in [1.54, 1.807) is 0 Å². The molecule has 3 aromatic carbocycles. The molecule has 1 atom stereocenters. The maximum atomic E-state index is 13.1. The number of hydrogen-bond acceptors (Lipinski definition) is 3. The summed E-state index contributed by atoms with van der Waals surface area (Å²) in [6.07, 6.45) is 1.92. The summed E-state index contributed by atoms with van der Waals surface area (Å²) in [6.45, 7) is 2.85. The Kier molecular flexibility index (Phi) is 5.08. The smallest absolute Gasteiger partial charge is 0.255 e. The highest BCUT2D eigenvalue weighted by molar-refractivity contribution is 6.06. The van der Waals surface area contributed by atoms with Gasteiger partial charge in [0.25, 0.3) is 5.91 Å². The molecule has 0 spiro atoms. The quantitative estimate of drug-likeness (QED) is 0.503. The van der Waals surface area contributed by atoms with Gasteiger partial charge in [-0.1, -0.05) is 60.7 Å². The molecule has 0 aliphatic carbocycles. The van der Waals surface area contributed by atoms with E-state index in [-0.39, 0.29) is 5.91 Å². The van der Waals surface area contributed by atoms with Crippen molar-refractivity contribution in [2.45, 2.75) is 32.2 Å². The Morgan fingerprint density at radius 1 is 0.968 bits per heavy atom. The number of para-hydroxylation sites is 1. The monoisotopic (exact) mass is 408 g/mol. The first-order chi connectivity index (χ1) is 15.2. The third kappa shape index (κ3) is 3.87. The van der Waals surface area contributed by atoms with E-state index >= 15 is 0 Å². The Balaban J connectivity index is 1.38. The molecule has 5 nitrogen and oxygen atoms in total. The number of benzene rings is 3. The SMILES string of the molecule is Cc1nnc2n1C[C@H](c1cccc(C(=O)Nc3ccccc3-c3ccccc3)c1)CC2. The van der Waals surface area contributed by atoms with Crippen LogP contribution in [0.4, 0.5) is 5.69 Å². The van der Waals surface area contributed by atoms with Crippen molar-refractivity contribution in [3.63, 3.8) is 0 Å². The Hall–Kier alpha value is -3.73. The van der Waals surface area contributed by atoms with Gasteiger partial charge < -0.3 is 9.88 Å². The van der Waals surface area contributed by atoms with Gasteiger partial charge in [-0.05, 0) is 42.7 Å². The van der Waals surface area contributed by atoms with Gasteiger partial charge in [0.05, 0.1) is 0 Å². The van der Waals surface area contributed by atoms with Gasteiger partial charge in [-0.25, -0.2) is 0 Å². The van der Waals surface area contributed by atoms with Crippen LogP contribution < -0.4 is 5.32 Å². The highest BCUT2D eigenvalue weighted by atomic mass is 16.1. The molecule has 0 radical (unpaired) electrons. The first-order valence-corrected chi connectivity index (χ1v) is 10.6.